The predicted octanol–water partition coefficient (Wildman–Crippen LogP) is 0.0431. The Morgan fingerprint density at radius 1 is 1.36 bits per heavy atom. The van der Waals surface area contributed by atoms with Gasteiger partial charge in [0.1, 0.15) is 5.72 Å². The average Bonchev–Trinajstić information content (AvgIpc) is 2.19. The molecular formula is C10H20N2O2. The Bertz CT molecular complexity index is 195. The lowest BCUT2D eigenvalue weighted by molar-refractivity contribution is -0.202. The molecule has 0 aromatic carbocycles. The van der Waals surface area contributed by atoms with Gasteiger partial charge in [-0.15, -0.1) is 0 Å². The molecule has 0 aromatic heterocycles. The number of hydrogen-bond acceptors (Lipinski definition) is 4. The first-order valence-corrected chi connectivity index (χ1v) is 5.42. The molecule has 0 radical (unpaired) electrons. The lowest BCUT2D eigenvalue weighted by atomic mass is 10.1. The Balaban J connectivity index is 1.98. The topological polar surface area (TPSA) is 33.7 Å². The van der Waals surface area contributed by atoms with Crippen LogP contribution >= 0.6 is 0 Å². The van der Waals surface area contributed by atoms with Crippen molar-refractivity contribution < 1.29 is 9.47 Å². The third kappa shape index (κ3) is 2.08. The summed E-state index contributed by atoms with van der Waals surface area (Å²) in [5.74, 6) is 0. The number of hydrogen-bond donors (Lipinski definition) is 1. The number of nitrogens with one attached hydrogen (secondary N) is 1. The molecule has 2 aliphatic heterocycles. The van der Waals surface area contributed by atoms with Gasteiger partial charge in [0, 0.05) is 26.2 Å². The van der Waals surface area contributed by atoms with Gasteiger partial charge >= 0.3 is 0 Å². The van der Waals surface area contributed by atoms with E-state index in [2.05, 4.69) is 24.1 Å². The van der Waals surface area contributed by atoms with E-state index in [1.54, 1.807) is 0 Å². The zero-order valence-corrected chi connectivity index (χ0v) is 9.08. The second kappa shape index (κ2) is 4.14. The highest BCUT2D eigenvalue weighted by molar-refractivity contribution is 4.85. The zero-order valence-electron chi connectivity index (χ0n) is 9.08. The Hall–Kier alpha value is -0.160. The third-order valence-electron chi connectivity index (χ3n) is 3.02. The summed E-state index contributed by atoms with van der Waals surface area (Å²) in [6.45, 7) is 9.76. The maximum absolute atomic E-state index is 6.02. The van der Waals surface area contributed by atoms with Crippen molar-refractivity contribution in [2.24, 2.45) is 0 Å². The summed E-state index contributed by atoms with van der Waals surface area (Å²) in [6.07, 6.45) is 0.302. The first-order valence-electron chi connectivity index (χ1n) is 5.42. The molecule has 2 atom stereocenters. The number of morpholine rings is 2. The van der Waals surface area contributed by atoms with Gasteiger partial charge in [-0.2, -0.15) is 0 Å². The fourth-order valence-corrected chi connectivity index (χ4v) is 2.25. The molecule has 2 fully saturated rings. The van der Waals surface area contributed by atoms with Crippen molar-refractivity contribution in [2.45, 2.75) is 25.7 Å². The predicted molar refractivity (Wildman–Crippen MR) is 54.2 cm³/mol. The minimum Gasteiger partial charge on any atom is -0.379 e. The molecule has 0 spiro atoms. The van der Waals surface area contributed by atoms with Crippen molar-refractivity contribution in [2.75, 3.05) is 39.4 Å². The molecule has 4 nitrogen and oxygen atoms in total. The minimum absolute atomic E-state index is 0.137. The molecule has 82 valence electrons. The fourth-order valence-electron chi connectivity index (χ4n) is 2.25. The van der Waals surface area contributed by atoms with Crippen molar-refractivity contribution in [1.82, 2.24) is 10.2 Å². The van der Waals surface area contributed by atoms with E-state index in [0.29, 0.717) is 6.10 Å². The molecule has 0 aliphatic carbocycles. The normalized spacial score (nSPS) is 41.1. The van der Waals surface area contributed by atoms with E-state index in [0.717, 1.165) is 39.4 Å². The summed E-state index contributed by atoms with van der Waals surface area (Å²) in [4.78, 5) is 2.37. The van der Waals surface area contributed by atoms with Crippen molar-refractivity contribution >= 4 is 0 Å². The first-order chi connectivity index (χ1) is 6.71. The van der Waals surface area contributed by atoms with Crippen LogP contribution in [0.3, 0.4) is 0 Å². The van der Waals surface area contributed by atoms with Crippen LogP contribution in [0.5, 0.6) is 0 Å². The largest absolute Gasteiger partial charge is 0.379 e. The van der Waals surface area contributed by atoms with E-state index in [1.165, 1.54) is 0 Å². The van der Waals surface area contributed by atoms with Crippen LogP contribution in [-0.4, -0.2) is 56.1 Å². The minimum atomic E-state index is -0.137. The highest BCUT2D eigenvalue weighted by atomic mass is 16.5. The van der Waals surface area contributed by atoms with Crippen molar-refractivity contribution in [3.63, 3.8) is 0 Å². The highest BCUT2D eigenvalue weighted by Crippen LogP contribution is 2.22. The van der Waals surface area contributed by atoms with Crippen LogP contribution in [0.15, 0.2) is 0 Å². The van der Waals surface area contributed by atoms with E-state index in [9.17, 15) is 0 Å². The molecule has 1 N–H and O–H groups in total. The van der Waals surface area contributed by atoms with Crippen molar-refractivity contribution in [1.29, 1.82) is 0 Å². The molecule has 2 saturated heterocycles. The van der Waals surface area contributed by atoms with Gasteiger partial charge in [-0.25, -0.2) is 0 Å². The molecule has 14 heavy (non-hydrogen) atoms. The van der Waals surface area contributed by atoms with E-state index in [4.69, 9.17) is 9.47 Å². The van der Waals surface area contributed by atoms with Crippen LogP contribution in [0.25, 0.3) is 0 Å². The summed E-state index contributed by atoms with van der Waals surface area (Å²) < 4.78 is 11.4. The number of ether oxygens (including phenoxy) is 2. The molecule has 0 amide bonds. The highest BCUT2D eigenvalue weighted by Gasteiger charge is 2.37. The van der Waals surface area contributed by atoms with E-state index < -0.39 is 0 Å². The van der Waals surface area contributed by atoms with Gasteiger partial charge in [-0.05, 0) is 13.8 Å². The lowest BCUT2D eigenvalue weighted by Crippen LogP contribution is -2.63. The second-order valence-electron chi connectivity index (χ2n) is 4.33. The average molecular weight is 200 g/mol. The Kier molecular flexibility index (Phi) is 3.07. The second-order valence-corrected chi connectivity index (χ2v) is 4.33. The lowest BCUT2D eigenvalue weighted by Gasteiger charge is -2.47. The molecule has 4 heteroatoms. The quantitative estimate of drug-likeness (QED) is 0.648. The number of nitrogens with zero attached hydrogens (tertiary/aromatic N) is 1. The summed E-state index contributed by atoms with van der Waals surface area (Å²) in [7, 11) is 0. The van der Waals surface area contributed by atoms with Gasteiger partial charge in [0.25, 0.3) is 0 Å². The maximum atomic E-state index is 6.02. The van der Waals surface area contributed by atoms with Gasteiger partial charge in [0.05, 0.1) is 19.3 Å². The first kappa shape index (κ1) is 10.4. The summed E-state index contributed by atoms with van der Waals surface area (Å²) in [5, 5.41) is 3.41. The van der Waals surface area contributed by atoms with Crippen LogP contribution in [0, 0.1) is 0 Å². The van der Waals surface area contributed by atoms with Gasteiger partial charge in [0.15, 0.2) is 0 Å². The summed E-state index contributed by atoms with van der Waals surface area (Å²) in [5.41, 5.74) is -0.137. The van der Waals surface area contributed by atoms with Crippen molar-refractivity contribution in [3.8, 4) is 0 Å². The zero-order chi connectivity index (χ0) is 10.0. The van der Waals surface area contributed by atoms with Crippen LogP contribution in [0.2, 0.25) is 0 Å². The molecule has 0 bridgehead atoms. The monoisotopic (exact) mass is 200 g/mol. The fraction of sp³-hybridized carbons (Fsp3) is 1.00. The molecule has 0 aromatic rings. The van der Waals surface area contributed by atoms with Crippen molar-refractivity contribution in [3.05, 3.63) is 0 Å². The Morgan fingerprint density at radius 3 is 2.71 bits per heavy atom. The van der Waals surface area contributed by atoms with Crippen LogP contribution in [-0.2, 0) is 9.47 Å². The van der Waals surface area contributed by atoms with Gasteiger partial charge < -0.3 is 14.8 Å². The molecule has 2 heterocycles. The third-order valence-corrected chi connectivity index (χ3v) is 3.02. The van der Waals surface area contributed by atoms with Gasteiger partial charge in [-0.3, -0.25) is 4.90 Å². The van der Waals surface area contributed by atoms with Gasteiger partial charge in [-0.1, -0.05) is 0 Å². The Morgan fingerprint density at radius 2 is 2.07 bits per heavy atom. The SMILES string of the molecule is CC1CNCC(C)(N2CCOCC2)O1. The maximum Gasteiger partial charge on any atom is 0.131 e. The van der Waals surface area contributed by atoms with Crippen LogP contribution in [0.1, 0.15) is 13.8 Å². The van der Waals surface area contributed by atoms with E-state index in [1.807, 2.05) is 0 Å². The van der Waals surface area contributed by atoms with Gasteiger partial charge in [0.2, 0.25) is 0 Å². The van der Waals surface area contributed by atoms with E-state index in [-0.39, 0.29) is 5.72 Å². The van der Waals surface area contributed by atoms with Crippen LogP contribution in [0.4, 0.5) is 0 Å². The summed E-state index contributed by atoms with van der Waals surface area (Å²) in [6, 6.07) is 0. The van der Waals surface area contributed by atoms with E-state index >= 15 is 0 Å². The molecule has 2 aliphatic rings. The Labute approximate surface area is 85.5 Å². The molecule has 0 saturated carbocycles. The molecular weight excluding hydrogens is 180 g/mol. The smallest absolute Gasteiger partial charge is 0.131 e. The van der Waals surface area contributed by atoms with Crippen LogP contribution < -0.4 is 5.32 Å². The standard InChI is InChI=1S/C10H20N2O2/c1-9-7-11-8-10(2,14-9)12-3-5-13-6-4-12/h9,11H,3-8H2,1-2H3. The molecule has 2 unspecified atom stereocenters. The number of rotatable bonds is 1. The molecule has 2 rings (SSSR count). The summed E-state index contributed by atoms with van der Waals surface area (Å²) >= 11 is 0.